The van der Waals surface area contributed by atoms with E-state index in [-0.39, 0.29) is 5.76 Å². The van der Waals surface area contributed by atoms with Crippen LogP contribution < -0.4 is 11.3 Å². The normalized spacial score (nSPS) is 10.8. The van der Waals surface area contributed by atoms with Crippen molar-refractivity contribution in [1.29, 1.82) is 0 Å². The van der Waals surface area contributed by atoms with Gasteiger partial charge in [-0.05, 0) is 18.2 Å². The van der Waals surface area contributed by atoms with Crippen molar-refractivity contribution in [3.8, 4) is 0 Å². The van der Waals surface area contributed by atoms with Gasteiger partial charge < -0.3 is 9.40 Å². The summed E-state index contributed by atoms with van der Waals surface area (Å²) in [6.45, 7) is 0. The Labute approximate surface area is 119 Å². The van der Waals surface area contributed by atoms with Crippen LogP contribution in [-0.4, -0.2) is 10.9 Å². The van der Waals surface area contributed by atoms with E-state index in [1.807, 2.05) is 18.2 Å². The second-order valence-corrected chi connectivity index (χ2v) is 5.28. The van der Waals surface area contributed by atoms with Crippen molar-refractivity contribution < 1.29 is 9.21 Å². The smallest absolute Gasteiger partial charge is 0.301 e. The van der Waals surface area contributed by atoms with E-state index in [4.69, 9.17) is 10.3 Å². The van der Waals surface area contributed by atoms with E-state index in [1.165, 1.54) is 11.6 Å². The Kier molecular flexibility index (Phi) is 3.49. The van der Waals surface area contributed by atoms with Gasteiger partial charge in [0.25, 0.3) is 0 Å². The predicted molar refractivity (Wildman–Crippen MR) is 78.2 cm³/mol. The molecule has 0 fully saturated rings. The molecule has 102 valence electrons. The number of fused-ring (bicyclic) bond motifs is 1. The lowest BCUT2D eigenvalue weighted by Gasteiger charge is -2.00. The Morgan fingerprint density at radius 1 is 1.35 bits per heavy atom. The Bertz CT molecular complexity index is 715. The van der Waals surface area contributed by atoms with Gasteiger partial charge in [-0.25, -0.2) is 5.84 Å². The number of aromatic amines is 1. The van der Waals surface area contributed by atoms with Crippen LogP contribution in [0.4, 0.5) is 0 Å². The molecule has 0 unspecified atom stereocenters. The lowest BCUT2D eigenvalue weighted by Crippen LogP contribution is -2.30. The molecule has 5 nitrogen and oxygen atoms in total. The number of benzene rings is 1. The second-order valence-electron chi connectivity index (χ2n) is 4.26. The molecule has 0 saturated heterocycles. The summed E-state index contributed by atoms with van der Waals surface area (Å²) in [5.74, 6) is 5.59. The zero-order chi connectivity index (χ0) is 13.9. The molecule has 0 aliphatic carbocycles. The maximum absolute atomic E-state index is 11.5. The number of thioether (sulfide) groups is 1. The number of hydrogen-bond acceptors (Lipinski definition) is 4. The van der Waals surface area contributed by atoms with Gasteiger partial charge in [0.05, 0.1) is 11.3 Å². The summed E-state index contributed by atoms with van der Waals surface area (Å²) in [4.78, 5) is 14.8. The first-order valence-electron chi connectivity index (χ1n) is 6.06. The van der Waals surface area contributed by atoms with E-state index in [0.29, 0.717) is 5.75 Å². The third-order valence-corrected chi connectivity index (χ3v) is 3.96. The molecule has 0 saturated carbocycles. The van der Waals surface area contributed by atoms with Crippen molar-refractivity contribution in [2.45, 2.75) is 10.8 Å². The number of aromatic nitrogens is 1. The predicted octanol–water partition coefficient (Wildman–Crippen LogP) is 2.66. The maximum Gasteiger partial charge on any atom is 0.301 e. The lowest BCUT2D eigenvalue weighted by atomic mass is 10.3. The van der Waals surface area contributed by atoms with Gasteiger partial charge in [-0.3, -0.25) is 10.2 Å². The number of nitrogens with two attached hydrogens (primary N) is 1. The number of H-pyrrole nitrogens is 1. The summed E-state index contributed by atoms with van der Waals surface area (Å²) < 4.78 is 5.15. The SMILES string of the molecule is NNC(=O)c1occc1CSc1cc2ccccc2[nH]1. The fourth-order valence-corrected chi connectivity index (χ4v) is 2.92. The zero-order valence-electron chi connectivity index (χ0n) is 10.6. The first-order chi connectivity index (χ1) is 9.78. The highest BCUT2D eigenvalue weighted by Gasteiger charge is 2.14. The molecule has 2 heterocycles. The first-order valence-corrected chi connectivity index (χ1v) is 7.04. The molecular formula is C14H13N3O2S. The monoisotopic (exact) mass is 287 g/mol. The molecule has 0 radical (unpaired) electrons. The number of carbonyl (C=O) groups is 1. The van der Waals surface area contributed by atoms with E-state index in [2.05, 4.69) is 22.5 Å². The van der Waals surface area contributed by atoms with Gasteiger partial charge in [-0.15, -0.1) is 11.8 Å². The maximum atomic E-state index is 11.5. The van der Waals surface area contributed by atoms with Crippen LogP contribution >= 0.6 is 11.8 Å². The molecule has 0 aliphatic heterocycles. The minimum Gasteiger partial charge on any atom is -0.459 e. The van der Waals surface area contributed by atoms with Crippen LogP contribution in [0, 0.1) is 0 Å². The standard InChI is InChI=1S/C14H13N3O2S/c15-17-14(18)13-10(5-6-19-13)8-20-12-7-9-3-1-2-4-11(9)16-12/h1-7,16H,8,15H2,(H,17,18). The molecule has 3 rings (SSSR count). The zero-order valence-corrected chi connectivity index (χ0v) is 11.4. The third kappa shape index (κ3) is 2.43. The van der Waals surface area contributed by atoms with E-state index in [9.17, 15) is 4.79 Å². The Morgan fingerprint density at radius 2 is 2.20 bits per heavy atom. The molecule has 2 aromatic heterocycles. The minimum absolute atomic E-state index is 0.260. The number of furan rings is 1. The largest absolute Gasteiger partial charge is 0.459 e. The van der Waals surface area contributed by atoms with Crippen LogP contribution in [0.15, 0.2) is 52.1 Å². The van der Waals surface area contributed by atoms with Crippen molar-refractivity contribution in [3.05, 3.63) is 54.0 Å². The van der Waals surface area contributed by atoms with Crippen LogP contribution in [-0.2, 0) is 5.75 Å². The van der Waals surface area contributed by atoms with Crippen molar-refractivity contribution in [3.63, 3.8) is 0 Å². The number of para-hydroxylation sites is 1. The Balaban J connectivity index is 1.76. The summed E-state index contributed by atoms with van der Waals surface area (Å²) in [6.07, 6.45) is 1.49. The molecule has 3 aromatic rings. The molecule has 0 atom stereocenters. The van der Waals surface area contributed by atoms with E-state index < -0.39 is 5.91 Å². The first kappa shape index (κ1) is 12.8. The Hall–Kier alpha value is -2.18. The van der Waals surface area contributed by atoms with Crippen LogP contribution in [0.5, 0.6) is 0 Å². The van der Waals surface area contributed by atoms with Crippen molar-refractivity contribution in [1.82, 2.24) is 10.4 Å². The van der Waals surface area contributed by atoms with Gasteiger partial charge in [0.15, 0.2) is 5.76 Å². The number of amides is 1. The Morgan fingerprint density at radius 3 is 3.00 bits per heavy atom. The summed E-state index contributed by atoms with van der Waals surface area (Å²) >= 11 is 1.61. The fraction of sp³-hybridized carbons (Fsp3) is 0.0714. The summed E-state index contributed by atoms with van der Waals surface area (Å²) in [5.41, 5.74) is 3.99. The molecule has 0 aliphatic rings. The highest BCUT2D eigenvalue weighted by atomic mass is 32.2. The van der Waals surface area contributed by atoms with Crippen molar-refractivity contribution >= 4 is 28.6 Å². The lowest BCUT2D eigenvalue weighted by molar-refractivity contribution is 0.0925. The highest BCUT2D eigenvalue weighted by molar-refractivity contribution is 7.98. The summed E-state index contributed by atoms with van der Waals surface area (Å²) in [7, 11) is 0. The average molecular weight is 287 g/mol. The highest BCUT2D eigenvalue weighted by Crippen LogP contribution is 2.27. The molecule has 0 spiro atoms. The topological polar surface area (TPSA) is 84.0 Å². The fourth-order valence-electron chi connectivity index (χ4n) is 1.99. The van der Waals surface area contributed by atoms with Crippen molar-refractivity contribution in [2.75, 3.05) is 0 Å². The van der Waals surface area contributed by atoms with Crippen molar-refractivity contribution in [2.24, 2.45) is 5.84 Å². The minimum atomic E-state index is -0.415. The van der Waals surface area contributed by atoms with Crippen LogP contribution in [0.3, 0.4) is 0 Å². The number of nitrogen functional groups attached to an aromatic ring is 1. The molecule has 6 heteroatoms. The summed E-state index contributed by atoms with van der Waals surface area (Å²) in [6, 6.07) is 12.0. The third-order valence-electron chi connectivity index (χ3n) is 2.97. The molecular weight excluding hydrogens is 274 g/mol. The van der Waals surface area contributed by atoms with Gasteiger partial charge in [0, 0.05) is 22.2 Å². The number of carbonyl (C=O) groups excluding carboxylic acids is 1. The number of hydrazine groups is 1. The average Bonchev–Trinajstić information content (AvgIpc) is 3.10. The molecule has 4 N–H and O–H groups in total. The van der Waals surface area contributed by atoms with Crippen LogP contribution in [0.25, 0.3) is 10.9 Å². The molecule has 1 aromatic carbocycles. The van der Waals surface area contributed by atoms with Gasteiger partial charge in [0.2, 0.25) is 0 Å². The number of rotatable bonds is 4. The molecule has 1 amide bonds. The van der Waals surface area contributed by atoms with Gasteiger partial charge in [-0.2, -0.15) is 0 Å². The van der Waals surface area contributed by atoms with Gasteiger partial charge in [-0.1, -0.05) is 18.2 Å². The van der Waals surface area contributed by atoms with Gasteiger partial charge >= 0.3 is 5.91 Å². The van der Waals surface area contributed by atoms with E-state index in [1.54, 1.807) is 17.8 Å². The molecule has 20 heavy (non-hydrogen) atoms. The quantitative estimate of drug-likeness (QED) is 0.298. The van der Waals surface area contributed by atoms with Crippen LogP contribution in [0.1, 0.15) is 16.1 Å². The van der Waals surface area contributed by atoms with Crippen LogP contribution in [0.2, 0.25) is 0 Å². The molecule has 0 bridgehead atoms. The summed E-state index contributed by atoms with van der Waals surface area (Å²) in [5, 5.41) is 2.22. The second kappa shape index (κ2) is 5.44. The van der Waals surface area contributed by atoms with E-state index >= 15 is 0 Å². The van der Waals surface area contributed by atoms with E-state index in [0.717, 1.165) is 16.1 Å². The number of hydrogen-bond donors (Lipinski definition) is 3. The number of nitrogens with one attached hydrogen (secondary N) is 2. The van der Waals surface area contributed by atoms with Gasteiger partial charge in [0.1, 0.15) is 0 Å².